The van der Waals surface area contributed by atoms with Crippen molar-refractivity contribution in [1.29, 1.82) is 0 Å². The Bertz CT molecular complexity index is 592. The summed E-state index contributed by atoms with van der Waals surface area (Å²) >= 11 is 0. The van der Waals surface area contributed by atoms with E-state index in [-0.39, 0.29) is 18.2 Å². The zero-order valence-corrected chi connectivity index (χ0v) is 11.6. The molecule has 2 N–H and O–H groups in total. The summed E-state index contributed by atoms with van der Waals surface area (Å²) in [4.78, 5) is 0. The molecule has 1 heterocycles. The number of hydrogen-bond donors (Lipinski definition) is 1. The molecule has 1 atom stereocenters. The summed E-state index contributed by atoms with van der Waals surface area (Å²) in [6.07, 6.45) is -1.10. The Morgan fingerprint density at radius 1 is 1.29 bits per heavy atom. The minimum atomic E-state index is -4.38. The molecule has 7 heteroatoms. The molecule has 0 fully saturated rings. The molecule has 4 nitrogen and oxygen atoms in total. The van der Waals surface area contributed by atoms with E-state index in [1.54, 1.807) is 12.3 Å². The maximum absolute atomic E-state index is 12.9. The van der Waals surface area contributed by atoms with Crippen LogP contribution in [0.3, 0.4) is 0 Å². The second kappa shape index (κ2) is 6.26. The third-order valence-corrected chi connectivity index (χ3v) is 3.19. The average molecular weight is 298 g/mol. The first-order chi connectivity index (χ1) is 9.91. The van der Waals surface area contributed by atoms with Crippen LogP contribution in [0.15, 0.2) is 30.5 Å². The number of halogens is 3. The molecule has 2 aromatic rings. The van der Waals surface area contributed by atoms with Crippen molar-refractivity contribution >= 4 is 0 Å². The molecule has 0 saturated heterocycles. The lowest BCUT2D eigenvalue weighted by molar-refractivity contribution is -0.138. The van der Waals surface area contributed by atoms with Gasteiger partial charge in [-0.1, -0.05) is 36.8 Å². The Kier molecular flexibility index (Phi) is 4.62. The van der Waals surface area contributed by atoms with Crippen LogP contribution in [-0.4, -0.2) is 15.0 Å². The number of alkyl halides is 3. The van der Waals surface area contributed by atoms with Gasteiger partial charge in [0.1, 0.15) is 0 Å². The van der Waals surface area contributed by atoms with E-state index in [1.165, 1.54) is 16.8 Å². The van der Waals surface area contributed by atoms with Gasteiger partial charge in [0.2, 0.25) is 0 Å². The molecule has 1 unspecified atom stereocenters. The van der Waals surface area contributed by atoms with Crippen LogP contribution in [0.2, 0.25) is 0 Å². The van der Waals surface area contributed by atoms with Crippen molar-refractivity contribution in [3.63, 3.8) is 0 Å². The van der Waals surface area contributed by atoms with Crippen LogP contribution in [0.1, 0.15) is 42.6 Å². The van der Waals surface area contributed by atoms with Gasteiger partial charge in [0.25, 0.3) is 0 Å². The molecule has 1 aromatic heterocycles. The fourth-order valence-corrected chi connectivity index (χ4v) is 2.13. The highest BCUT2D eigenvalue weighted by atomic mass is 19.4. The van der Waals surface area contributed by atoms with Gasteiger partial charge in [-0.25, -0.2) is 4.68 Å². The summed E-state index contributed by atoms with van der Waals surface area (Å²) in [6, 6.07) is 5.22. The summed E-state index contributed by atoms with van der Waals surface area (Å²) in [5.41, 5.74) is 6.02. The SMILES string of the molecule is CCCC(N)c1cn(Cc2ccccc2C(F)(F)F)nn1. The maximum atomic E-state index is 12.9. The monoisotopic (exact) mass is 298 g/mol. The summed E-state index contributed by atoms with van der Waals surface area (Å²) in [6.45, 7) is 2.02. The van der Waals surface area contributed by atoms with E-state index in [1.807, 2.05) is 6.92 Å². The van der Waals surface area contributed by atoms with Crippen LogP contribution in [0.5, 0.6) is 0 Å². The van der Waals surface area contributed by atoms with Crippen molar-refractivity contribution in [1.82, 2.24) is 15.0 Å². The number of nitrogens with two attached hydrogens (primary N) is 1. The average Bonchev–Trinajstić information content (AvgIpc) is 2.87. The van der Waals surface area contributed by atoms with Crippen LogP contribution < -0.4 is 5.73 Å². The summed E-state index contributed by atoms with van der Waals surface area (Å²) in [5, 5.41) is 7.79. The number of aromatic nitrogens is 3. The van der Waals surface area contributed by atoms with Crippen LogP contribution in [0.4, 0.5) is 13.2 Å². The lowest BCUT2D eigenvalue weighted by Gasteiger charge is -2.12. The third-order valence-electron chi connectivity index (χ3n) is 3.19. The molecule has 21 heavy (non-hydrogen) atoms. The van der Waals surface area contributed by atoms with Gasteiger partial charge >= 0.3 is 6.18 Å². The highest BCUT2D eigenvalue weighted by Crippen LogP contribution is 2.32. The normalized spacial score (nSPS) is 13.4. The number of benzene rings is 1. The Morgan fingerprint density at radius 3 is 2.67 bits per heavy atom. The predicted molar refractivity (Wildman–Crippen MR) is 72.4 cm³/mol. The zero-order valence-electron chi connectivity index (χ0n) is 11.6. The Labute approximate surface area is 120 Å². The molecular weight excluding hydrogens is 281 g/mol. The largest absolute Gasteiger partial charge is 0.416 e. The summed E-state index contributed by atoms with van der Waals surface area (Å²) < 4.78 is 40.1. The molecule has 0 aliphatic carbocycles. The predicted octanol–water partition coefficient (Wildman–Crippen LogP) is 3.15. The topological polar surface area (TPSA) is 56.7 Å². The van der Waals surface area contributed by atoms with Crippen molar-refractivity contribution in [3.05, 3.63) is 47.3 Å². The van der Waals surface area contributed by atoms with E-state index in [4.69, 9.17) is 5.73 Å². The standard InChI is InChI=1S/C14H17F3N4/c1-2-5-12(18)13-9-21(20-19-13)8-10-6-3-4-7-11(10)14(15,16)17/h3-4,6-7,9,12H,2,5,8,18H2,1H3. The van der Waals surface area contributed by atoms with Gasteiger partial charge in [-0.3, -0.25) is 0 Å². The van der Waals surface area contributed by atoms with Crippen molar-refractivity contribution in [2.75, 3.05) is 0 Å². The second-order valence-electron chi connectivity index (χ2n) is 4.89. The highest BCUT2D eigenvalue weighted by Gasteiger charge is 2.32. The third kappa shape index (κ3) is 3.81. The molecule has 0 aliphatic heterocycles. The molecule has 0 aliphatic rings. The van der Waals surface area contributed by atoms with E-state index in [0.29, 0.717) is 5.69 Å². The van der Waals surface area contributed by atoms with Crippen molar-refractivity contribution in [3.8, 4) is 0 Å². The van der Waals surface area contributed by atoms with Gasteiger partial charge in [0.05, 0.1) is 30.0 Å². The fourth-order valence-electron chi connectivity index (χ4n) is 2.13. The van der Waals surface area contributed by atoms with Crippen LogP contribution >= 0.6 is 0 Å². The van der Waals surface area contributed by atoms with E-state index in [0.717, 1.165) is 18.9 Å². The lowest BCUT2D eigenvalue weighted by atomic mass is 10.1. The van der Waals surface area contributed by atoms with Crippen LogP contribution in [-0.2, 0) is 12.7 Å². The van der Waals surface area contributed by atoms with Crippen LogP contribution in [0.25, 0.3) is 0 Å². The number of rotatable bonds is 5. The lowest BCUT2D eigenvalue weighted by Crippen LogP contribution is -2.12. The van der Waals surface area contributed by atoms with Crippen molar-refractivity contribution < 1.29 is 13.2 Å². The molecule has 0 spiro atoms. The van der Waals surface area contributed by atoms with Gasteiger partial charge < -0.3 is 5.73 Å². The molecule has 0 bridgehead atoms. The molecular formula is C14H17F3N4. The van der Waals surface area contributed by atoms with Crippen molar-refractivity contribution in [2.45, 2.75) is 38.5 Å². The smallest absolute Gasteiger partial charge is 0.323 e. The number of hydrogen-bond acceptors (Lipinski definition) is 3. The molecule has 0 amide bonds. The molecule has 114 valence electrons. The van der Waals surface area contributed by atoms with Gasteiger partial charge in [-0.05, 0) is 18.1 Å². The maximum Gasteiger partial charge on any atom is 0.416 e. The first-order valence-electron chi connectivity index (χ1n) is 6.72. The Balaban J connectivity index is 2.20. The first kappa shape index (κ1) is 15.5. The molecule has 0 saturated carbocycles. The molecule has 2 rings (SSSR count). The van der Waals surface area contributed by atoms with E-state index in [9.17, 15) is 13.2 Å². The van der Waals surface area contributed by atoms with E-state index < -0.39 is 11.7 Å². The minimum absolute atomic E-state index is 0.0154. The zero-order chi connectivity index (χ0) is 15.5. The minimum Gasteiger partial charge on any atom is -0.323 e. The summed E-state index contributed by atoms with van der Waals surface area (Å²) in [7, 11) is 0. The van der Waals surface area contributed by atoms with Crippen LogP contribution in [0, 0.1) is 0 Å². The quantitative estimate of drug-likeness (QED) is 0.922. The molecule has 1 aromatic carbocycles. The Morgan fingerprint density at radius 2 is 2.00 bits per heavy atom. The fraction of sp³-hybridized carbons (Fsp3) is 0.429. The van der Waals surface area contributed by atoms with Gasteiger partial charge in [-0.2, -0.15) is 13.2 Å². The summed E-state index contributed by atoms with van der Waals surface area (Å²) in [5.74, 6) is 0. The highest BCUT2D eigenvalue weighted by molar-refractivity contribution is 5.29. The van der Waals surface area contributed by atoms with E-state index in [2.05, 4.69) is 10.3 Å². The van der Waals surface area contributed by atoms with Crippen molar-refractivity contribution in [2.24, 2.45) is 5.73 Å². The molecule has 0 radical (unpaired) electrons. The Hall–Kier alpha value is -1.89. The van der Waals surface area contributed by atoms with E-state index >= 15 is 0 Å². The van der Waals surface area contributed by atoms with Gasteiger partial charge in [0.15, 0.2) is 0 Å². The second-order valence-corrected chi connectivity index (χ2v) is 4.89. The van der Waals surface area contributed by atoms with Gasteiger partial charge in [0, 0.05) is 0 Å². The first-order valence-corrected chi connectivity index (χ1v) is 6.72. The van der Waals surface area contributed by atoms with Gasteiger partial charge in [-0.15, -0.1) is 5.10 Å². The number of nitrogens with zero attached hydrogens (tertiary/aromatic N) is 3.